The van der Waals surface area contributed by atoms with Crippen LogP contribution in [-0.2, 0) is 29.2 Å². The summed E-state index contributed by atoms with van der Waals surface area (Å²) in [5.41, 5.74) is 2.22. The molecule has 0 aromatic heterocycles. The van der Waals surface area contributed by atoms with Gasteiger partial charge in [0.2, 0.25) is 0 Å². The van der Waals surface area contributed by atoms with Crippen LogP contribution in [0.3, 0.4) is 0 Å². The minimum Gasteiger partial charge on any atom is -0.489 e. The highest BCUT2D eigenvalue weighted by molar-refractivity contribution is 5.69. The van der Waals surface area contributed by atoms with Crippen LogP contribution in [0.15, 0.2) is 36.4 Å². The third-order valence-corrected chi connectivity index (χ3v) is 4.03. The smallest absolute Gasteiger partial charge is 0.306 e. The monoisotopic (exact) mass is 346 g/mol. The van der Waals surface area contributed by atoms with E-state index in [0.29, 0.717) is 35.7 Å². The molecule has 1 N–H and O–H groups in total. The molecule has 1 heterocycles. The minimum atomic E-state index is -0.819. The summed E-state index contributed by atoms with van der Waals surface area (Å²) in [6.07, 6.45) is 0.459. The Labute approximate surface area is 144 Å². The third-order valence-electron chi connectivity index (χ3n) is 4.03. The molecule has 132 valence electrons. The van der Waals surface area contributed by atoms with Gasteiger partial charge in [-0.05, 0) is 36.2 Å². The molecule has 0 bridgehead atoms. The number of ether oxygens (including phenoxy) is 3. The van der Waals surface area contributed by atoms with Crippen LogP contribution in [0.2, 0.25) is 0 Å². The minimum absolute atomic E-state index is 0.141. The molecule has 0 amide bonds. The second-order valence-corrected chi connectivity index (χ2v) is 6.04. The summed E-state index contributed by atoms with van der Waals surface area (Å²) in [7, 11) is 0. The van der Waals surface area contributed by atoms with Gasteiger partial charge in [-0.25, -0.2) is 4.39 Å². The molecule has 5 nitrogen and oxygen atoms in total. The zero-order chi connectivity index (χ0) is 17.8. The molecule has 2 aromatic carbocycles. The lowest BCUT2D eigenvalue weighted by atomic mass is 10.0. The van der Waals surface area contributed by atoms with Crippen LogP contribution in [0, 0.1) is 11.7 Å². The molecule has 25 heavy (non-hydrogen) atoms. The molecule has 0 aliphatic carbocycles. The van der Waals surface area contributed by atoms with Gasteiger partial charge in [0.25, 0.3) is 0 Å². The maximum atomic E-state index is 13.7. The Morgan fingerprint density at radius 3 is 2.80 bits per heavy atom. The van der Waals surface area contributed by atoms with Crippen molar-refractivity contribution in [3.63, 3.8) is 0 Å². The first-order chi connectivity index (χ1) is 12.0. The number of hydrogen-bond donors (Lipinski definition) is 1. The molecule has 6 heteroatoms. The number of benzene rings is 2. The Kier molecular flexibility index (Phi) is 5.19. The number of halogens is 1. The van der Waals surface area contributed by atoms with E-state index in [1.165, 1.54) is 12.1 Å². The molecule has 0 spiro atoms. The maximum Gasteiger partial charge on any atom is 0.306 e. The van der Waals surface area contributed by atoms with E-state index in [1.54, 1.807) is 19.1 Å². The van der Waals surface area contributed by atoms with Crippen LogP contribution in [-0.4, -0.2) is 17.9 Å². The third kappa shape index (κ3) is 4.28. The number of carboxylic acids is 1. The van der Waals surface area contributed by atoms with Crippen molar-refractivity contribution in [2.75, 3.05) is 6.79 Å². The molecule has 1 aliphatic heterocycles. The molecule has 1 aliphatic rings. The predicted octanol–water partition coefficient (Wildman–Crippen LogP) is 3.53. The van der Waals surface area contributed by atoms with Crippen LogP contribution < -0.4 is 9.47 Å². The van der Waals surface area contributed by atoms with Gasteiger partial charge in [-0.3, -0.25) is 4.79 Å². The molecular formula is C19H19FO5. The lowest BCUT2D eigenvalue weighted by molar-refractivity contribution is -0.141. The highest BCUT2D eigenvalue weighted by Gasteiger charge is 2.17. The molecule has 0 saturated carbocycles. The molecule has 1 atom stereocenters. The van der Waals surface area contributed by atoms with Crippen molar-refractivity contribution in [2.45, 2.75) is 26.6 Å². The number of carbonyl (C=O) groups is 1. The highest BCUT2D eigenvalue weighted by atomic mass is 19.1. The molecule has 0 fully saturated rings. The Bertz CT molecular complexity index is 757. The zero-order valence-corrected chi connectivity index (χ0v) is 13.8. The lowest BCUT2D eigenvalue weighted by Crippen LogP contribution is -2.14. The van der Waals surface area contributed by atoms with Gasteiger partial charge in [0, 0.05) is 11.1 Å². The van der Waals surface area contributed by atoms with E-state index >= 15 is 0 Å². The first-order valence-electron chi connectivity index (χ1n) is 7.99. The van der Waals surface area contributed by atoms with Gasteiger partial charge in [0.15, 0.2) is 6.79 Å². The first kappa shape index (κ1) is 17.2. The van der Waals surface area contributed by atoms with Gasteiger partial charge in [0.1, 0.15) is 23.9 Å². The zero-order valence-electron chi connectivity index (χ0n) is 13.8. The summed E-state index contributed by atoms with van der Waals surface area (Å²) in [6.45, 7) is 2.30. The number of aliphatic carboxylic acids is 1. The van der Waals surface area contributed by atoms with Crippen LogP contribution >= 0.6 is 0 Å². The maximum absolute atomic E-state index is 13.7. The van der Waals surface area contributed by atoms with Crippen molar-refractivity contribution in [3.8, 4) is 11.5 Å². The van der Waals surface area contributed by atoms with Gasteiger partial charge in [-0.15, -0.1) is 0 Å². The van der Waals surface area contributed by atoms with Crippen LogP contribution in [0.5, 0.6) is 11.5 Å². The topological polar surface area (TPSA) is 65.0 Å². The van der Waals surface area contributed by atoms with E-state index < -0.39 is 11.9 Å². The Balaban J connectivity index is 1.66. The van der Waals surface area contributed by atoms with Crippen molar-refractivity contribution >= 4 is 5.97 Å². The van der Waals surface area contributed by atoms with Crippen molar-refractivity contribution in [1.82, 2.24) is 0 Å². The lowest BCUT2D eigenvalue weighted by Gasteiger charge is -2.21. The number of carboxylic acid groups (broad SMARTS) is 1. The Hall–Kier alpha value is -2.60. The summed E-state index contributed by atoms with van der Waals surface area (Å²) in [6, 6.07) is 10.0. The predicted molar refractivity (Wildman–Crippen MR) is 88.0 cm³/mol. The van der Waals surface area contributed by atoms with E-state index in [1.807, 2.05) is 12.1 Å². The second-order valence-electron chi connectivity index (χ2n) is 6.04. The van der Waals surface area contributed by atoms with Gasteiger partial charge >= 0.3 is 5.97 Å². The summed E-state index contributed by atoms with van der Waals surface area (Å²) < 4.78 is 30.0. The van der Waals surface area contributed by atoms with Gasteiger partial charge < -0.3 is 19.3 Å². The number of hydrogen-bond acceptors (Lipinski definition) is 4. The van der Waals surface area contributed by atoms with E-state index in [4.69, 9.17) is 19.3 Å². The van der Waals surface area contributed by atoms with Crippen molar-refractivity contribution in [2.24, 2.45) is 5.92 Å². The normalized spacial score (nSPS) is 14.3. The standard InChI is InChI=1S/C19H19FO5/c1-12(19(21)22)6-13-2-4-17(5-3-13)24-10-15-8-16(20)7-14-9-23-11-25-18(14)15/h2-5,7-8,12H,6,9-11H2,1H3,(H,21,22). The van der Waals surface area contributed by atoms with E-state index in [-0.39, 0.29) is 19.2 Å². The highest BCUT2D eigenvalue weighted by Crippen LogP contribution is 2.30. The number of rotatable bonds is 6. The fraction of sp³-hybridized carbons (Fsp3) is 0.316. The largest absolute Gasteiger partial charge is 0.489 e. The van der Waals surface area contributed by atoms with E-state index in [9.17, 15) is 9.18 Å². The van der Waals surface area contributed by atoms with Gasteiger partial charge in [-0.2, -0.15) is 0 Å². The van der Waals surface area contributed by atoms with Crippen molar-refractivity contribution in [1.29, 1.82) is 0 Å². The van der Waals surface area contributed by atoms with Crippen LogP contribution in [0.1, 0.15) is 23.6 Å². The van der Waals surface area contributed by atoms with Crippen molar-refractivity contribution < 1.29 is 28.5 Å². The SMILES string of the molecule is CC(Cc1ccc(OCc2cc(F)cc3c2OCOC3)cc1)C(=O)O. The number of fused-ring (bicyclic) bond motifs is 1. The summed E-state index contributed by atoms with van der Waals surface area (Å²) in [5.74, 6) is -0.383. The molecule has 1 unspecified atom stereocenters. The average Bonchev–Trinajstić information content (AvgIpc) is 2.60. The van der Waals surface area contributed by atoms with Crippen LogP contribution in [0.25, 0.3) is 0 Å². The Morgan fingerprint density at radius 2 is 2.08 bits per heavy atom. The molecular weight excluding hydrogens is 327 g/mol. The van der Waals surface area contributed by atoms with E-state index in [0.717, 1.165) is 5.56 Å². The summed E-state index contributed by atoms with van der Waals surface area (Å²) in [4.78, 5) is 10.9. The van der Waals surface area contributed by atoms with Crippen molar-refractivity contribution in [3.05, 3.63) is 58.9 Å². The van der Waals surface area contributed by atoms with Gasteiger partial charge in [-0.1, -0.05) is 19.1 Å². The molecule has 2 aromatic rings. The van der Waals surface area contributed by atoms with E-state index in [2.05, 4.69) is 0 Å². The second kappa shape index (κ2) is 7.53. The summed E-state index contributed by atoms with van der Waals surface area (Å²) >= 11 is 0. The fourth-order valence-corrected chi connectivity index (χ4v) is 2.69. The summed E-state index contributed by atoms with van der Waals surface area (Å²) in [5, 5.41) is 8.95. The van der Waals surface area contributed by atoms with Crippen LogP contribution in [0.4, 0.5) is 4.39 Å². The molecule has 0 radical (unpaired) electrons. The first-order valence-corrected chi connectivity index (χ1v) is 7.99. The quantitative estimate of drug-likeness (QED) is 0.867. The van der Waals surface area contributed by atoms with Gasteiger partial charge in [0.05, 0.1) is 12.5 Å². The molecule has 0 saturated heterocycles. The average molecular weight is 346 g/mol. The fourth-order valence-electron chi connectivity index (χ4n) is 2.69. The molecule has 3 rings (SSSR count). The Morgan fingerprint density at radius 1 is 1.32 bits per heavy atom.